The van der Waals surface area contributed by atoms with Crippen LogP contribution in [0.3, 0.4) is 0 Å². The fourth-order valence-corrected chi connectivity index (χ4v) is 2.74. The van der Waals surface area contributed by atoms with Crippen molar-refractivity contribution in [3.63, 3.8) is 0 Å². The normalized spacial score (nSPS) is 22.1. The van der Waals surface area contributed by atoms with Crippen molar-refractivity contribution in [3.05, 3.63) is 29.8 Å². The standard InChI is InChI=1S/C16H26N2O.ClH/c1-4-19-14-7-5-13(6-8-14)11-18-10-9-15(17)16(2,3)12-18;/h5-8,15H,4,9-12,17H2,1-3H3;1H. The average Bonchev–Trinajstić information content (AvgIpc) is 2.36. The van der Waals surface area contributed by atoms with E-state index in [0.29, 0.717) is 6.04 Å². The molecule has 2 rings (SSSR count). The van der Waals surface area contributed by atoms with E-state index in [9.17, 15) is 0 Å². The summed E-state index contributed by atoms with van der Waals surface area (Å²) in [5.74, 6) is 0.951. The summed E-state index contributed by atoms with van der Waals surface area (Å²) < 4.78 is 5.47. The summed E-state index contributed by atoms with van der Waals surface area (Å²) >= 11 is 0. The van der Waals surface area contributed by atoms with E-state index in [1.54, 1.807) is 0 Å². The van der Waals surface area contributed by atoms with Crippen LogP contribution in [-0.2, 0) is 6.54 Å². The minimum Gasteiger partial charge on any atom is -0.494 e. The number of hydrogen-bond acceptors (Lipinski definition) is 3. The molecule has 0 bridgehead atoms. The minimum absolute atomic E-state index is 0. The molecule has 1 heterocycles. The molecule has 1 aliphatic rings. The van der Waals surface area contributed by atoms with Gasteiger partial charge in [-0.25, -0.2) is 0 Å². The van der Waals surface area contributed by atoms with Gasteiger partial charge in [-0.15, -0.1) is 12.4 Å². The van der Waals surface area contributed by atoms with Crippen molar-refractivity contribution in [2.24, 2.45) is 11.1 Å². The molecular weight excluding hydrogens is 272 g/mol. The zero-order valence-electron chi connectivity index (χ0n) is 12.8. The van der Waals surface area contributed by atoms with E-state index in [1.165, 1.54) is 5.56 Å². The lowest BCUT2D eigenvalue weighted by Gasteiger charge is -2.42. The third kappa shape index (κ3) is 4.37. The highest BCUT2D eigenvalue weighted by molar-refractivity contribution is 5.85. The number of benzene rings is 1. The molecule has 0 amide bonds. The van der Waals surface area contributed by atoms with Crippen LogP contribution in [0.2, 0.25) is 0 Å². The lowest BCUT2D eigenvalue weighted by Crippen LogP contribution is -2.52. The number of hydrogen-bond donors (Lipinski definition) is 1. The van der Waals surface area contributed by atoms with E-state index in [1.807, 2.05) is 6.92 Å². The highest BCUT2D eigenvalue weighted by Crippen LogP contribution is 2.28. The Morgan fingerprint density at radius 3 is 2.50 bits per heavy atom. The van der Waals surface area contributed by atoms with Crippen molar-refractivity contribution in [1.29, 1.82) is 0 Å². The average molecular weight is 299 g/mol. The number of halogens is 1. The summed E-state index contributed by atoms with van der Waals surface area (Å²) in [6, 6.07) is 8.75. The first-order valence-electron chi connectivity index (χ1n) is 7.21. The predicted octanol–water partition coefficient (Wildman–Crippen LogP) is 3.07. The Bertz CT molecular complexity index is 405. The Labute approximate surface area is 128 Å². The number of rotatable bonds is 4. The van der Waals surface area contributed by atoms with Crippen LogP contribution in [0.4, 0.5) is 0 Å². The molecule has 2 N–H and O–H groups in total. The monoisotopic (exact) mass is 298 g/mol. The summed E-state index contributed by atoms with van der Waals surface area (Å²) in [4.78, 5) is 2.50. The Morgan fingerprint density at radius 2 is 1.95 bits per heavy atom. The van der Waals surface area contributed by atoms with E-state index >= 15 is 0 Å². The van der Waals surface area contributed by atoms with Gasteiger partial charge in [-0.3, -0.25) is 4.90 Å². The smallest absolute Gasteiger partial charge is 0.119 e. The maximum absolute atomic E-state index is 6.18. The van der Waals surface area contributed by atoms with Gasteiger partial charge in [-0.05, 0) is 36.5 Å². The number of ether oxygens (including phenoxy) is 1. The van der Waals surface area contributed by atoms with Crippen LogP contribution in [0, 0.1) is 5.41 Å². The third-order valence-electron chi connectivity index (χ3n) is 4.03. The van der Waals surface area contributed by atoms with E-state index in [-0.39, 0.29) is 17.8 Å². The molecule has 0 spiro atoms. The van der Waals surface area contributed by atoms with Crippen LogP contribution in [-0.4, -0.2) is 30.6 Å². The Morgan fingerprint density at radius 1 is 1.30 bits per heavy atom. The highest BCUT2D eigenvalue weighted by atomic mass is 35.5. The largest absolute Gasteiger partial charge is 0.494 e. The molecule has 0 aromatic heterocycles. The molecule has 1 aliphatic heterocycles. The van der Waals surface area contributed by atoms with E-state index in [4.69, 9.17) is 10.5 Å². The van der Waals surface area contributed by atoms with Crippen molar-refractivity contribution in [1.82, 2.24) is 4.90 Å². The summed E-state index contributed by atoms with van der Waals surface area (Å²) in [7, 11) is 0. The van der Waals surface area contributed by atoms with Crippen LogP contribution in [0.5, 0.6) is 5.75 Å². The SMILES string of the molecule is CCOc1ccc(CN2CCC(N)C(C)(C)C2)cc1.Cl. The zero-order chi connectivity index (χ0) is 13.9. The minimum atomic E-state index is 0. The van der Waals surface area contributed by atoms with Crippen LogP contribution >= 0.6 is 12.4 Å². The van der Waals surface area contributed by atoms with Gasteiger partial charge in [0, 0.05) is 25.7 Å². The molecule has 20 heavy (non-hydrogen) atoms. The maximum atomic E-state index is 6.18. The molecule has 1 saturated heterocycles. The third-order valence-corrected chi connectivity index (χ3v) is 4.03. The Kier molecular flexibility index (Phi) is 6.31. The van der Waals surface area contributed by atoms with Crippen LogP contribution in [0.15, 0.2) is 24.3 Å². The number of piperidine rings is 1. The molecule has 0 saturated carbocycles. The van der Waals surface area contributed by atoms with Gasteiger partial charge in [0.25, 0.3) is 0 Å². The van der Waals surface area contributed by atoms with E-state index in [2.05, 4.69) is 43.0 Å². The van der Waals surface area contributed by atoms with Gasteiger partial charge in [0.15, 0.2) is 0 Å². The van der Waals surface area contributed by atoms with Gasteiger partial charge in [0.1, 0.15) is 5.75 Å². The first-order valence-corrected chi connectivity index (χ1v) is 7.21. The second-order valence-corrected chi connectivity index (χ2v) is 6.17. The molecule has 1 atom stereocenters. The summed E-state index contributed by atoms with van der Waals surface area (Å²) in [6.45, 7) is 10.4. The molecule has 1 aromatic rings. The summed E-state index contributed by atoms with van der Waals surface area (Å²) in [6.07, 6.45) is 1.09. The van der Waals surface area contributed by atoms with E-state index in [0.717, 1.165) is 38.4 Å². The zero-order valence-corrected chi connectivity index (χ0v) is 13.6. The second-order valence-electron chi connectivity index (χ2n) is 6.17. The predicted molar refractivity (Wildman–Crippen MR) is 86.5 cm³/mol. The van der Waals surface area contributed by atoms with Gasteiger partial charge in [0.2, 0.25) is 0 Å². The van der Waals surface area contributed by atoms with Crippen molar-refractivity contribution >= 4 is 12.4 Å². The van der Waals surface area contributed by atoms with Crippen molar-refractivity contribution < 1.29 is 4.74 Å². The fourth-order valence-electron chi connectivity index (χ4n) is 2.74. The molecular formula is C16H27ClN2O. The van der Waals surface area contributed by atoms with E-state index < -0.39 is 0 Å². The van der Waals surface area contributed by atoms with Gasteiger partial charge < -0.3 is 10.5 Å². The fraction of sp³-hybridized carbons (Fsp3) is 0.625. The molecule has 1 unspecified atom stereocenters. The Balaban J connectivity index is 0.00000200. The lowest BCUT2D eigenvalue weighted by atomic mass is 9.79. The lowest BCUT2D eigenvalue weighted by molar-refractivity contribution is 0.0899. The molecule has 4 heteroatoms. The molecule has 0 aliphatic carbocycles. The molecule has 114 valence electrons. The summed E-state index contributed by atoms with van der Waals surface area (Å²) in [5.41, 5.74) is 7.73. The van der Waals surface area contributed by atoms with Crippen LogP contribution in [0.1, 0.15) is 32.8 Å². The quantitative estimate of drug-likeness (QED) is 0.928. The van der Waals surface area contributed by atoms with Crippen molar-refractivity contribution in [2.75, 3.05) is 19.7 Å². The topological polar surface area (TPSA) is 38.5 Å². The first kappa shape index (κ1) is 17.3. The highest BCUT2D eigenvalue weighted by Gasteiger charge is 2.33. The molecule has 3 nitrogen and oxygen atoms in total. The van der Waals surface area contributed by atoms with Gasteiger partial charge in [-0.2, -0.15) is 0 Å². The molecule has 0 radical (unpaired) electrons. The molecule has 1 fully saturated rings. The molecule has 1 aromatic carbocycles. The van der Waals surface area contributed by atoms with Crippen molar-refractivity contribution in [3.8, 4) is 5.75 Å². The van der Waals surface area contributed by atoms with Crippen LogP contribution in [0.25, 0.3) is 0 Å². The van der Waals surface area contributed by atoms with Gasteiger partial charge in [-0.1, -0.05) is 26.0 Å². The summed E-state index contributed by atoms with van der Waals surface area (Å²) in [5, 5.41) is 0. The second kappa shape index (κ2) is 7.30. The van der Waals surface area contributed by atoms with Gasteiger partial charge in [0.05, 0.1) is 6.61 Å². The van der Waals surface area contributed by atoms with Gasteiger partial charge >= 0.3 is 0 Å². The van der Waals surface area contributed by atoms with Crippen molar-refractivity contribution in [2.45, 2.75) is 39.8 Å². The number of nitrogens with two attached hydrogens (primary N) is 1. The Hall–Kier alpha value is -0.770. The maximum Gasteiger partial charge on any atom is 0.119 e. The first-order chi connectivity index (χ1) is 9.01. The van der Waals surface area contributed by atoms with Crippen LogP contribution < -0.4 is 10.5 Å². The number of nitrogens with zero attached hydrogens (tertiary/aromatic N) is 1. The number of likely N-dealkylation sites (tertiary alicyclic amines) is 1.